The monoisotopic (exact) mass is 550 g/mol. The Balaban J connectivity index is -0.0000000244. The van der Waals surface area contributed by atoms with Gasteiger partial charge in [-0.05, 0) is 32.7 Å². The van der Waals surface area contributed by atoms with Crippen LogP contribution in [-0.4, -0.2) is 98.7 Å². The zero-order chi connectivity index (χ0) is 17.8. The summed E-state index contributed by atoms with van der Waals surface area (Å²) in [4.78, 5) is 9.87. The summed E-state index contributed by atoms with van der Waals surface area (Å²) in [6, 6.07) is 0. The van der Waals surface area contributed by atoms with Crippen molar-refractivity contribution in [3.05, 3.63) is 0 Å². The molecule has 0 heterocycles. The van der Waals surface area contributed by atoms with E-state index in [1.807, 2.05) is 19.6 Å². The minimum absolute atomic E-state index is 0. The standard InChI is InChI=1S/C5H16O3Si2.C5H15O2Si2.2Al.2Na.5H2O.O.H/c1-9(2,3)8-10(4,5,6)7;1-8(2,3)7-9(4,5)6;;;;;;;;;;;/h6H,1-5H3;1-5H3;;;;;5*1H2;;/q-2;-1;;;2*+1;;;;;;-2;. The molecule has 0 aliphatic carbocycles. The molecule has 0 aromatic carbocycles. The predicted molar refractivity (Wildman–Crippen MR) is 120 cm³/mol. The maximum atomic E-state index is 9.87. The zero-order valence-electron chi connectivity index (χ0n) is 20.3. The van der Waals surface area contributed by atoms with Gasteiger partial charge in [-0.3, -0.25) is 0 Å². The molecular weight excluding hydrogens is 508 g/mol. The molecule has 0 fully saturated rings. The first kappa shape index (κ1) is 63.7. The fourth-order valence-electron chi connectivity index (χ4n) is 1.67. The van der Waals surface area contributed by atoms with Crippen LogP contribution in [0.2, 0.25) is 65.5 Å². The third kappa shape index (κ3) is 49.6. The van der Waals surface area contributed by atoms with E-state index < -0.39 is 33.3 Å². The van der Waals surface area contributed by atoms with Crippen molar-refractivity contribution in [1.82, 2.24) is 0 Å². The second kappa shape index (κ2) is 23.2. The van der Waals surface area contributed by atoms with Gasteiger partial charge in [0.25, 0.3) is 8.56 Å². The van der Waals surface area contributed by atoms with Crippen molar-refractivity contribution in [1.29, 1.82) is 0 Å². The molecule has 0 saturated carbocycles. The van der Waals surface area contributed by atoms with Crippen LogP contribution in [0.1, 0.15) is 0 Å². The van der Waals surface area contributed by atoms with Crippen LogP contribution in [0.4, 0.5) is 0 Å². The maximum absolute atomic E-state index is 9.87. The van der Waals surface area contributed by atoms with Crippen LogP contribution in [-0.2, 0) is 20.7 Å². The van der Waals surface area contributed by atoms with E-state index in [2.05, 4.69) is 49.4 Å². The van der Waals surface area contributed by atoms with E-state index in [9.17, 15) is 4.80 Å². The molecule has 0 spiro atoms. The molecule has 29 heavy (non-hydrogen) atoms. The van der Waals surface area contributed by atoms with E-state index in [1.54, 1.807) is 13.1 Å². The predicted octanol–water partition coefficient (Wildman–Crippen LogP) is -7.78. The topological polar surface area (TPSA) is 243 Å². The summed E-state index contributed by atoms with van der Waals surface area (Å²) in [5, 5.41) is 0. The molecular formula is C10H42Al2Na2O11Si4-3. The molecule has 0 unspecified atom stereocenters. The quantitative estimate of drug-likeness (QED) is 0.316. The van der Waals surface area contributed by atoms with E-state index in [0.29, 0.717) is 0 Å². The molecule has 19 heteroatoms. The van der Waals surface area contributed by atoms with Gasteiger partial charge in [-0.1, -0.05) is 0 Å². The Morgan fingerprint density at radius 1 is 0.759 bits per heavy atom. The van der Waals surface area contributed by atoms with Gasteiger partial charge in [-0.15, -0.1) is 0 Å². The first-order chi connectivity index (χ1) is 8.80. The maximum Gasteiger partial charge on any atom is 1.00 e. The summed E-state index contributed by atoms with van der Waals surface area (Å²) in [7, 11) is -8.30. The molecule has 5 radical (unpaired) electrons. The normalized spacial score (nSPS) is 11.4. The van der Waals surface area contributed by atoms with Crippen LogP contribution in [0.5, 0.6) is 0 Å². The molecule has 0 bridgehead atoms. The van der Waals surface area contributed by atoms with Gasteiger partial charge in [0.2, 0.25) is 0 Å². The van der Waals surface area contributed by atoms with Crippen molar-refractivity contribution in [3.63, 3.8) is 0 Å². The van der Waals surface area contributed by atoms with Crippen LogP contribution in [0.15, 0.2) is 0 Å². The number of hydrogen-bond acceptors (Lipinski definition) is 5. The van der Waals surface area contributed by atoms with Crippen molar-refractivity contribution >= 4 is 66.5 Å². The molecule has 11 nitrogen and oxygen atoms in total. The van der Waals surface area contributed by atoms with Crippen molar-refractivity contribution < 1.29 is 112 Å². The van der Waals surface area contributed by atoms with Gasteiger partial charge in [-0.2, -0.15) is 0 Å². The second-order valence-corrected chi connectivity index (χ2v) is 27.2. The van der Waals surface area contributed by atoms with Crippen LogP contribution in [0, 0.1) is 0 Å². The molecule has 175 valence electrons. The SMILES string of the molecule is C[Si](C)(C)O[Si-](C)(C)(O)[O][AlH-].C[Si](C)(C)O[Si](C)(C)[O][Al-].O.O.O.O.O.[Na+].[Na+].[O-2]. The minimum atomic E-state index is -3.43. The van der Waals surface area contributed by atoms with Gasteiger partial charge in [0.05, 0.1) is 0 Å². The Morgan fingerprint density at radius 3 is 1.10 bits per heavy atom. The molecule has 11 N–H and O–H groups in total. The summed E-state index contributed by atoms with van der Waals surface area (Å²) in [5.74, 6) is 0. The largest absolute Gasteiger partial charge is 2.00 e. The second-order valence-electron chi connectivity index (χ2n) is 8.12. The van der Waals surface area contributed by atoms with E-state index in [4.69, 9.17) is 15.2 Å². The van der Waals surface area contributed by atoms with Gasteiger partial charge in [0.1, 0.15) is 0 Å². The molecule has 0 aromatic heterocycles. The minimum Gasteiger partial charge on any atom is -2.00 e. The molecule has 0 aromatic rings. The molecule has 0 rings (SSSR count). The third-order valence-electron chi connectivity index (χ3n) is 1.85. The van der Waals surface area contributed by atoms with E-state index in [-0.39, 0.29) is 92.0 Å². The van der Waals surface area contributed by atoms with Gasteiger partial charge < -0.3 is 57.1 Å². The van der Waals surface area contributed by atoms with E-state index >= 15 is 0 Å². The van der Waals surface area contributed by atoms with Crippen molar-refractivity contribution in [2.45, 2.75) is 65.5 Å². The van der Waals surface area contributed by atoms with Crippen LogP contribution >= 0.6 is 0 Å². The van der Waals surface area contributed by atoms with Gasteiger partial charge in [0, 0.05) is 0 Å². The summed E-state index contributed by atoms with van der Waals surface area (Å²) in [5.41, 5.74) is 0. The third-order valence-corrected chi connectivity index (χ3v) is 16.6. The fourth-order valence-corrected chi connectivity index (χ4v) is 16.0. The van der Waals surface area contributed by atoms with Crippen molar-refractivity contribution in [2.24, 2.45) is 0 Å². The zero-order valence-corrected chi connectivity index (χ0v) is 30.8. The summed E-state index contributed by atoms with van der Waals surface area (Å²) in [6.45, 7) is 20.1. The van der Waals surface area contributed by atoms with Gasteiger partial charge in [-0.25, -0.2) is 0 Å². The summed E-state index contributed by atoms with van der Waals surface area (Å²) in [6.07, 6.45) is 0. The van der Waals surface area contributed by atoms with Crippen LogP contribution in [0.3, 0.4) is 0 Å². The van der Waals surface area contributed by atoms with Crippen molar-refractivity contribution in [3.8, 4) is 0 Å². The smallest absolute Gasteiger partial charge is 1.00 e. The average Bonchev–Trinajstić information content (AvgIpc) is 2.10. The molecule has 0 aliphatic rings. The Hall–Kier alpha value is 3.49. The molecule has 0 atom stereocenters. The van der Waals surface area contributed by atoms with E-state index in [0.717, 1.165) is 0 Å². The number of hydrogen-bond donors (Lipinski definition) is 1. The Labute approximate surface area is 241 Å². The van der Waals surface area contributed by atoms with Gasteiger partial charge >= 0.3 is 137 Å². The summed E-state index contributed by atoms with van der Waals surface area (Å²) < 4.78 is 21.6. The van der Waals surface area contributed by atoms with Crippen molar-refractivity contribution in [2.75, 3.05) is 0 Å². The Kier molecular flexibility index (Phi) is 51.1. The van der Waals surface area contributed by atoms with Crippen LogP contribution in [0.25, 0.3) is 0 Å². The fraction of sp³-hybridized carbons (Fsp3) is 1.00. The van der Waals surface area contributed by atoms with E-state index in [1.165, 1.54) is 16.6 Å². The first-order valence-corrected chi connectivity index (χ1v) is 20.9. The van der Waals surface area contributed by atoms with Crippen LogP contribution < -0.4 is 59.1 Å². The average molecular weight is 551 g/mol. The Morgan fingerprint density at radius 2 is 1.03 bits per heavy atom. The summed E-state index contributed by atoms with van der Waals surface area (Å²) >= 11 is 3.59. The first-order valence-electron chi connectivity index (χ1n) is 6.97. The molecule has 0 amide bonds. The molecule has 0 aliphatic heterocycles. The van der Waals surface area contributed by atoms with Gasteiger partial charge in [0.15, 0.2) is 8.32 Å². The Bertz CT molecular complexity index is 340. The number of rotatable bonds is 6. The molecule has 0 saturated heterocycles.